The number of rotatable bonds is 6. The smallest absolute Gasteiger partial charge is 0.404 e. The lowest BCUT2D eigenvalue weighted by Gasteiger charge is -2.18. The predicted molar refractivity (Wildman–Crippen MR) is 106 cm³/mol. The zero-order valence-corrected chi connectivity index (χ0v) is 16.5. The van der Waals surface area contributed by atoms with E-state index in [1.807, 2.05) is 12.1 Å². The van der Waals surface area contributed by atoms with Crippen molar-refractivity contribution in [3.63, 3.8) is 0 Å². The van der Waals surface area contributed by atoms with Crippen LogP contribution in [-0.2, 0) is 14.8 Å². The van der Waals surface area contributed by atoms with Crippen LogP contribution < -0.4 is 10.1 Å². The standard InChI is InChI=1S/C20H17F3N2O4S/c1-25(30(27,28)16-11-10-14-6-2-3-7-15(14)12-16)13-19(26)24-17-8-4-5-9-18(17)29-20(21,22)23/h2-12H,13H2,1H3,(H,24,26). The number of likely N-dealkylation sites (N-methyl/N-ethyl adjacent to an activating group) is 1. The van der Waals surface area contributed by atoms with Gasteiger partial charge in [0, 0.05) is 7.05 Å². The second-order valence-corrected chi connectivity index (χ2v) is 8.41. The molecule has 0 bridgehead atoms. The Labute approximate surface area is 170 Å². The molecule has 3 rings (SSSR count). The van der Waals surface area contributed by atoms with Crippen LogP contribution in [0.1, 0.15) is 0 Å². The van der Waals surface area contributed by atoms with Gasteiger partial charge in [-0.1, -0.05) is 42.5 Å². The predicted octanol–water partition coefficient (Wildman–Crippen LogP) is 4.00. The van der Waals surface area contributed by atoms with Gasteiger partial charge in [-0.05, 0) is 35.0 Å². The molecule has 0 aliphatic rings. The summed E-state index contributed by atoms with van der Waals surface area (Å²) in [6, 6.07) is 16.8. The molecular weight excluding hydrogens is 421 g/mol. The van der Waals surface area contributed by atoms with Crippen LogP contribution in [0.4, 0.5) is 18.9 Å². The molecule has 1 N–H and O–H groups in total. The minimum Gasteiger partial charge on any atom is -0.404 e. The quantitative estimate of drug-likeness (QED) is 0.631. The lowest BCUT2D eigenvalue weighted by Crippen LogP contribution is -2.35. The third-order valence-corrected chi connectivity index (χ3v) is 5.98. The SMILES string of the molecule is CN(CC(=O)Nc1ccccc1OC(F)(F)F)S(=O)(=O)c1ccc2ccccc2c1. The molecule has 30 heavy (non-hydrogen) atoms. The van der Waals surface area contributed by atoms with Crippen molar-refractivity contribution in [3.8, 4) is 5.75 Å². The summed E-state index contributed by atoms with van der Waals surface area (Å²) in [4.78, 5) is 12.3. The molecule has 0 aliphatic carbocycles. The Morgan fingerprint density at radius 2 is 1.63 bits per heavy atom. The van der Waals surface area contributed by atoms with E-state index < -0.39 is 34.6 Å². The molecule has 3 aromatic carbocycles. The highest BCUT2D eigenvalue weighted by Gasteiger charge is 2.32. The van der Waals surface area contributed by atoms with Crippen LogP contribution in [0.25, 0.3) is 10.8 Å². The Hall–Kier alpha value is -3.11. The van der Waals surface area contributed by atoms with E-state index in [1.54, 1.807) is 18.2 Å². The van der Waals surface area contributed by atoms with Crippen molar-refractivity contribution in [1.82, 2.24) is 4.31 Å². The maximum atomic E-state index is 12.8. The van der Waals surface area contributed by atoms with Gasteiger partial charge >= 0.3 is 6.36 Å². The molecule has 3 aromatic rings. The fourth-order valence-electron chi connectivity index (χ4n) is 2.77. The third-order valence-electron chi connectivity index (χ3n) is 4.18. The average Bonchev–Trinajstić information content (AvgIpc) is 2.68. The van der Waals surface area contributed by atoms with E-state index >= 15 is 0 Å². The summed E-state index contributed by atoms with van der Waals surface area (Å²) in [6.45, 7) is -0.602. The molecule has 1 amide bonds. The molecule has 0 saturated carbocycles. The van der Waals surface area contributed by atoms with Crippen molar-refractivity contribution >= 4 is 32.4 Å². The molecule has 10 heteroatoms. The first kappa shape index (κ1) is 21.6. The molecule has 0 radical (unpaired) electrons. The Kier molecular flexibility index (Phi) is 5.99. The highest BCUT2D eigenvalue weighted by Crippen LogP contribution is 2.30. The fraction of sp³-hybridized carbons (Fsp3) is 0.150. The summed E-state index contributed by atoms with van der Waals surface area (Å²) >= 11 is 0. The van der Waals surface area contributed by atoms with Gasteiger partial charge in [0.25, 0.3) is 0 Å². The molecule has 158 valence electrons. The van der Waals surface area contributed by atoms with Gasteiger partial charge in [0.2, 0.25) is 15.9 Å². The first-order chi connectivity index (χ1) is 14.1. The van der Waals surface area contributed by atoms with E-state index in [1.165, 1.54) is 37.4 Å². The van der Waals surface area contributed by atoms with E-state index in [-0.39, 0.29) is 10.6 Å². The summed E-state index contributed by atoms with van der Waals surface area (Å²) in [5, 5.41) is 3.82. The van der Waals surface area contributed by atoms with Crippen molar-refractivity contribution in [2.75, 3.05) is 18.9 Å². The molecule has 0 aromatic heterocycles. The van der Waals surface area contributed by atoms with E-state index in [0.29, 0.717) is 0 Å². The zero-order chi connectivity index (χ0) is 21.9. The number of carbonyl (C=O) groups excluding carboxylic acids is 1. The number of para-hydroxylation sites is 2. The average molecular weight is 438 g/mol. The second kappa shape index (κ2) is 8.33. The van der Waals surface area contributed by atoms with Gasteiger partial charge in [-0.2, -0.15) is 4.31 Å². The van der Waals surface area contributed by atoms with Crippen molar-refractivity contribution in [2.24, 2.45) is 0 Å². The van der Waals surface area contributed by atoms with Crippen LogP contribution in [0.15, 0.2) is 71.6 Å². The number of alkyl halides is 3. The van der Waals surface area contributed by atoms with Gasteiger partial charge < -0.3 is 10.1 Å². The number of ether oxygens (including phenoxy) is 1. The van der Waals surface area contributed by atoms with Crippen LogP contribution in [0.5, 0.6) is 5.75 Å². The van der Waals surface area contributed by atoms with Crippen LogP contribution in [-0.4, -0.2) is 38.6 Å². The Morgan fingerprint density at radius 3 is 2.33 bits per heavy atom. The number of fused-ring (bicyclic) bond motifs is 1. The molecule has 0 heterocycles. The molecule has 0 saturated heterocycles. The molecular formula is C20H17F3N2O4S. The molecule has 0 unspecified atom stereocenters. The van der Waals surface area contributed by atoms with Crippen LogP contribution in [0.3, 0.4) is 0 Å². The number of hydrogen-bond donors (Lipinski definition) is 1. The lowest BCUT2D eigenvalue weighted by atomic mass is 10.1. The fourth-order valence-corrected chi connectivity index (χ4v) is 3.93. The molecule has 6 nitrogen and oxygen atoms in total. The number of amides is 1. The minimum absolute atomic E-state index is 0.00250. The number of hydrogen-bond acceptors (Lipinski definition) is 4. The van der Waals surface area contributed by atoms with Crippen LogP contribution in [0, 0.1) is 0 Å². The van der Waals surface area contributed by atoms with Gasteiger partial charge in [0.05, 0.1) is 17.1 Å². The lowest BCUT2D eigenvalue weighted by molar-refractivity contribution is -0.274. The van der Waals surface area contributed by atoms with Crippen molar-refractivity contribution in [1.29, 1.82) is 0 Å². The number of halogens is 3. The third kappa shape index (κ3) is 5.08. The summed E-state index contributed by atoms with van der Waals surface area (Å²) in [5.41, 5.74) is -0.226. The Morgan fingerprint density at radius 1 is 1.00 bits per heavy atom. The number of anilines is 1. The number of nitrogens with zero attached hydrogens (tertiary/aromatic N) is 1. The van der Waals surface area contributed by atoms with Crippen molar-refractivity contribution < 1.29 is 31.1 Å². The van der Waals surface area contributed by atoms with Crippen LogP contribution >= 0.6 is 0 Å². The largest absolute Gasteiger partial charge is 0.573 e. The van der Waals surface area contributed by atoms with E-state index in [0.717, 1.165) is 21.1 Å². The highest BCUT2D eigenvalue weighted by atomic mass is 32.2. The summed E-state index contributed by atoms with van der Waals surface area (Å²) in [7, 11) is -2.78. The Balaban J connectivity index is 1.75. The number of sulfonamides is 1. The summed E-state index contributed by atoms with van der Waals surface area (Å²) in [5.74, 6) is -1.42. The molecule has 0 spiro atoms. The zero-order valence-electron chi connectivity index (χ0n) is 15.7. The number of benzene rings is 3. The van der Waals surface area contributed by atoms with Gasteiger partial charge in [0.15, 0.2) is 5.75 Å². The van der Waals surface area contributed by atoms with E-state index in [2.05, 4.69) is 10.1 Å². The maximum Gasteiger partial charge on any atom is 0.573 e. The summed E-state index contributed by atoms with van der Waals surface area (Å²) in [6.07, 6.45) is -4.93. The highest BCUT2D eigenvalue weighted by molar-refractivity contribution is 7.89. The van der Waals surface area contributed by atoms with Gasteiger partial charge in [-0.25, -0.2) is 8.42 Å². The van der Waals surface area contributed by atoms with Crippen LogP contribution in [0.2, 0.25) is 0 Å². The number of nitrogens with one attached hydrogen (secondary N) is 1. The first-order valence-corrected chi connectivity index (χ1v) is 10.1. The van der Waals surface area contributed by atoms with Gasteiger partial charge in [0.1, 0.15) is 0 Å². The second-order valence-electron chi connectivity index (χ2n) is 6.36. The molecule has 0 fully saturated rings. The van der Waals surface area contributed by atoms with Gasteiger partial charge in [-0.3, -0.25) is 4.79 Å². The van der Waals surface area contributed by atoms with E-state index in [4.69, 9.17) is 0 Å². The molecule has 0 atom stereocenters. The van der Waals surface area contributed by atoms with E-state index in [9.17, 15) is 26.4 Å². The van der Waals surface area contributed by atoms with Gasteiger partial charge in [-0.15, -0.1) is 13.2 Å². The first-order valence-electron chi connectivity index (χ1n) is 8.66. The minimum atomic E-state index is -4.93. The maximum absolute atomic E-state index is 12.8. The van der Waals surface area contributed by atoms with Crippen molar-refractivity contribution in [3.05, 3.63) is 66.7 Å². The number of carbonyl (C=O) groups is 1. The summed E-state index contributed by atoms with van der Waals surface area (Å²) < 4.78 is 67.8. The monoisotopic (exact) mass is 438 g/mol. The van der Waals surface area contributed by atoms with Crippen molar-refractivity contribution in [2.45, 2.75) is 11.3 Å². The Bertz CT molecular complexity index is 1180. The normalized spacial score (nSPS) is 12.2. The topological polar surface area (TPSA) is 75.7 Å². The molecule has 0 aliphatic heterocycles.